The number of carbonyl (C=O) groups excluding carboxylic acids is 1. The molecule has 2 aliphatic rings. The van der Waals surface area contributed by atoms with Gasteiger partial charge in [-0.25, -0.2) is 0 Å². The smallest absolute Gasteiger partial charge is 0.226 e. The second-order valence-corrected chi connectivity index (χ2v) is 6.19. The zero-order valence-corrected chi connectivity index (χ0v) is 12.7. The number of likely N-dealkylation sites (tertiary alicyclic amines) is 1. The maximum atomic E-state index is 12.4. The van der Waals surface area contributed by atoms with E-state index in [0.29, 0.717) is 6.42 Å². The summed E-state index contributed by atoms with van der Waals surface area (Å²) in [5.74, 6) is 0.264. The molecule has 0 aromatic heterocycles. The Kier molecular flexibility index (Phi) is 4.44. The van der Waals surface area contributed by atoms with Gasteiger partial charge in [-0.3, -0.25) is 4.79 Å². The van der Waals surface area contributed by atoms with Crippen molar-refractivity contribution < 1.29 is 4.79 Å². The van der Waals surface area contributed by atoms with Crippen LogP contribution in [0.4, 0.5) is 11.4 Å². The van der Waals surface area contributed by atoms with Gasteiger partial charge in [0, 0.05) is 24.3 Å². The van der Waals surface area contributed by atoms with Crippen molar-refractivity contribution in [2.24, 2.45) is 0 Å². The summed E-state index contributed by atoms with van der Waals surface area (Å²) >= 11 is 0. The summed E-state index contributed by atoms with van der Waals surface area (Å²) in [7, 11) is 0. The molecule has 21 heavy (non-hydrogen) atoms. The maximum absolute atomic E-state index is 12.4. The van der Waals surface area contributed by atoms with Crippen LogP contribution >= 0.6 is 0 Å². The highest BCUT2D eigenvalue weighted by Gasteiger charge is 2.22. The number of amides is 1. The van der Waals surface area contributed by atoms with E-state index in [1.807, 2.05) is 23.1 Å². The van der Waals surface area contributed by atoms with Gasteiger partial charge in [-0.2, -0.15) is 0 Å². The van der Waals surface area contributed by atoms with Crippen LogP contribution in [0.5, 0.6) is 0 Å². The predicted molar refractivity (Wildman–Crippen MR) is 86.4 cm³/mol. The highest BCUT2D eigenvalue weighted by atomic mass is 16.2. The van der Waals surface area contributed by atoms with E-state index in [4.69, 9.17) is 5.73 Å². The third-order valence-electron chi connectivity index (χ3n) is 4.59. The molecule has 1 saturated heterocycles. The lowest BCUT2D eigenvalue weighted by Crippen LogP contribution is -2.33. The number of nitrogens with zero attached hydrogens (tertiary/aromatic N) is 2. The van der Waals surface area contributed by atoms with Gasteiger partial charge in [-0.15, -0.1) is 0 Å². The Morgan fingerprint density at radius 3 is 2.67 bits per heavy atom. The van der Waals surface area contributed by atoms with E-state index in [-0.39, 0.29) is 5.91 Å². The summed E-state index contributed by atoms with van der Waals surface area (Å²) in [5, 5.41) is 0. The van der Waals surface area contributed by atoms with Gasteiger partial charge in [-0.1, -0.05) is 0 Å². The average molecular weight is 287 g/mol. The number of hydrogen-bond acceptors (Lipinski definition) is 3. The van der Waals surface area contributed by atoms with Crippen molar-refractivity contribution in [2.45, 2.75) is 38.5 Å². The van der Waals surface area contributed by atoms with Crippen molar-refractivity contribution in [1.29, 1.82) is 0 Å². The zero-order valence-electron chi connectivity index (χ0n) is 12.7. The Balaban J connectivity index is 1.68. The van der Waals surface area contributed by atoms with Crippen LogP contribution in [0.1, 0.15) is 37.7 Å². The first-order valence-electron chi connectivity index (χ1n) is 8.15. The number of nitrogen functional groups attached to an aromatic ring is 1. The van der Waals surface area contributed by atoms with E-state index in [9.17, 15) is 4.79 Å². The van der Waals surface area contributed by atoms with Gasteiger partial charge >= 0.3 is 0 Å². The van der Waals surface area contributed by atoms with Crippen LogP contribution in [-0.4, -0.2) is 37.0 Å². The molecule has 2 N–H and O–H groups in total. The first-order valence-corrected chi connectivity index (χ1v) is 8.15. The largest absolute Gasteiger partial charge is 0.399 e. The Morgan fingerprint density at radius 2 is 1.86 bits per heavy atom. The highest BCUT2D eigenvalue weighted by Crippen LogP contribution is 2.29. The molecule has 4 heteroatoms. The SMILES string of the molecule is Nc1ccc2c(c1)CCCC(=O)N2CCCN1CCCC1. The predicted octanol–water partition coefficient (Wildman–Crippen LogP) is 2.42. The molecule has 1 amide bonds. The summed E-state index contributed by atoms with van der Waals surface area (Å²) < 4.78 is 0. The number of carbonyl (C=O) groups is 1. The lowest BCUT2D eigenvalue weighted by molar-refractivity contribution is -0.118. The minimum absolute atomic E-state index is 0.264. The van der Waals surface area contributed by atoms with Crippen LogP contribution in [-0.2, 0) is 11.2 Å². The van der Waals surface area contributed by atoms with Crippen LogP contribution in [0.25, 0.3) is 0 Å². The van der Waals surface area contributed by atoms with Crippen molar-refractivity contribution in [1.82, 2.24) is 4.90 Å². The van der Waals surface area contributed by atoms with Gasteiger partial charge in [-0.05, 0) is 75.5 Å². The molecule has 1 aromatic carbocycles. The molecule has 114 valence electrons. The Labute approximate surface area is 126 Å². The molecular formula is C17H25N3O. The van der Waals surface area contributed by atoms with Crippen LogP contribution in [0.2, 0.25) is 0 Å². The molecule has 3 rings (SSSR count). The average Bonchev–Trinajstić information content (AvgIpc) is 2.92. The molecule has 0 bridgehead atoms. The summed E-state index contributed by atoms with van der Waals surface area (Å²) in [5.41, 5.74) is 8.98. The molecule has 0 spiro atoms. The first-order chi connectivity index (χ1) is 10.2. The number of benzene rings is 1. The number of fused-ring (bicyclic) bond motifs is 1. The normalized spacial score (nSPS) is 19.6. The Hall–Kier alpha value is -1.55. The lowest BCUT2D eigenvalue weighted by atomic mass is 10.1. The van der Waals surface area contributed by atoms with Gasteiger partial charge in [0.05, 0.1) is 0 Å². The van der Waals surface area contributed by atoms with Crippen LogP contribution in [0.15, 0.2) is 18.2 Å². The molecule has 1 fully saturated rings. The molecule has 0 radical (unpaired) electrons. The van der Waals surface area contributed by atoms with E-state index in [0.717, 1.165) is 43.7 Å². The van der Waals surface area contributed by atoms with Crippen molar-refractivity contribution in [3.8, 4) is 0 Å². The molecular weight excluding hydrogens is 262 g/mol. The van der Waals surface area contributed by atoms with Crippen LogP contribution in [0.3, 0.4) is 0 Å². The van der Waals surface area contributed by atoms with Gasteiger partial charge in [0.2, 0.25) is 5.91 Å². The lowest BCUT2D eigenvalue weighted by Gasteiger charge is -2.24. The minimum atomic E-state index is 0.264. The molecule has 2 aliphatic heterocycles. The standard InChI is InChI=1S/C17H25N3O/c18-15-7-8-16-14(13-15)5-3-6-17(21)20(16)12-4-11-19-9-1-2-10-19/h7-8,13H,1-6,9-12,18H2. The third-order valence-corrected chi connectivity index (χ3v) is 4.59. The topological polar surface area (TPSA) is 49.6 Å². The van der Waals surface area contributed by atoms with Gasteiger partial charge in [0.15, 0.2) is 0 Å². The minimum Gasteiger partial charge on any atom is -0.399 e. The first kappa shape index (κ1) is 14.4. The van der Waals surface area contributed by atoms with Gasteiger partial charge in [0.25, 0.3) is 0 Å². The summed E-state index contributed by atoms with van der Waals surface area (Å²) in [4.78, 5) is 16.9. The third kappa shape index (κ3) is 3.38. The van der Waals surface area contributed by atoms with E-state index in [2.05, 4.69) is 4.90 Å². The van der Waals surface area contributed by atoms with Gasteiger partial charge < -0.3 is 15.5 Å². The van der Waals surface area contributed by atoms with Crippen LogP contribution in [0, 0.1) is 0 Å². The van der Waals surface area contributed by atoms with E-state index >= 15 is 0 Å². The number of hydrogen-bond donors (Lipinski definition) is 1. The number of aryl methyl sites for hydroxylation is 1. The quantitative estimate of drug-likeness (QED) is 0.865. The molecule has 2 heterocycles. The van der Waals surface area contributed by atoms with Crippen molar-refractivity contribution >= 4 is 17.3 Å². The summed E-state index contributed by atoms with van der Waals surface area (Å²) in [6, 6.07) is 5.95. The zero-order chi connectivity index (χ0) is 14.7. The molecule has 0 saturated carbocycles. The summed E-state index contributed by atoms with van der Waals surface area (Å²) in [6.45, 7) is 4.38. The fraction of sp³-hybridized carbons (Fsp3) is 0.588. The molecule has 0 atom stereocenters. The number of anilines is 2. The number of rotatable bonds is 4. The van der Waals surface area contributed by atoms with Crippen molar-refractivity contribution in [2.75, 3.05) is 36.8 Å². The van der Waals surface area contributed by atoms with E-state index < -0.39 is 0 Å². The van der Waals surface area contributed by atoms with Crippen molar-refractivity contribution in [3.05, 3.63) is 23.8 Å². The number of nitrogens with two attached hydrogens (primary N) is 1. The van der Waals surface area contributed by atoms with E-state index in [1.165, 1.54) is 31.5 Å². The van der Waals surface area contributed by atoms with Crippen molar-refractivity contribution in [3.63, 3.8) is 0 Å². The van der Waals surface area contributed by atoms with Crippen LogP contribution < -0.4 is 10.6 Å². The van der Waals surface area contributed by atoms with E-state index in [1.54, 1.807) is 0 Å². The highest BCUT2D eigenvalue weighted by molar-refractivity contribution is 5.95. The maximum Gasteiger partial charge on any atom is 0.226 e. The van der Waals surface area contributed by atoms with Gasteiger partial charge in [0.1, 0.15) is 0 Å². The summed E-state index contributed by atoms with van der Waals surface area (Å²) in [6.07, 6.45) is 6.23. The molecule has 1 aromatic rings. The molecule has 4 nitrogen and oxygen atoms in total. The fourth-order valence-electron chi connectivity index (χ4n) is 3.47. The second-order valence-electron chi connectivity index (χ2n) is 6.19. The second kappa shape index (κ2) is 6.48. The monoisotopic (exact) mass is 287 g/mol. The fourth-order valence-corrected chi connectivity index (χ4v) is 3.47. The Bertz CT molecular complexity index is 509. The molecule has 0 aliphatic carbocycles. The molecule has 0 unspecified atom stereocenters. The Morgan fingerprint density at radius 1 is 1.05 bits per heavy atom.